The fourth-order valence-electron chi connectivity index (χ4n) is 5.20. The van der Waals surface area contributed by atoms with E-state index in [0.29, 0.717) is 12.2 Å². The van der Waals surface area contributed by atoms with Crippen molar-refractivity contribution in [3.05, 3.63) is 0 Å². The van der Waals surface area contributed by atoms with E-state index in [4.69, 9.17) is 9.47 Å². The van der Waals surface area contributed by atoms with Crippen LogP contribution in [0.2, 0.25) is 0 Å². The topological polar surface area (TPSA) is 76.7 Å². The summed E-state index contributed by atoms with van der Waals surface area (Å²) in [6, 6.07) is 0.140. The summed E-state index contributed by atoms with van der Waals surface area (Å²) >= 11 is 0. The van der Waals surface area contributed by atoms with Crippen molar-refractivity contribution in [3.63, 3.8) is 0 Å². The van der Waals surface area contributed by atoms with Gasteiger partial charge in [0.05, 0.1) is 12.2 Å². The monoisotopic (exact) mass is 394 g/mol. The standard InChI is InChI=1S/C22H38N2O4/c1-27-17-11-7-15(8-12-17)21(25)23-19-5-3-4-6-20(19)24-22(26)16-9-13-18(28-2)14-10-16/h15-20H,3-14H2,1-2H3,(H,23,25)(H,24,26). The Hall–Kier alpha value is -1.14. The molecule has 0 radical (unpaired) electrons. The minimum absolute atomic E-state index is 0.0701. The molecule has 3 aliphatic carbocycles. The molecule has 0 saturated heterocycles. The molecule has 2 unspecified atom stereocenters. The minimum atomic E-state index is 0.0701. The lowest BCUT2D eigenvalue weighted by molar-refractivity contribution is -0.130. The number of rotatable bonds is 6. The van der Waals surface area contributed by atoms with Crippen molar-refractivity contribution in [2.75, 3.05) is 14.2 Å². The van der Waals surface area contributed by atoms with E-state index in [0.717, 1.165) is 77.0 Å². The second-order valence-corrected chi connectivity index (χ2v) is 8.93. The second-order valence-electron chi connectivity index (χ2n) is 8.93. The van der Waals surface area contributed by atoms with Crippen LogP contribution in [0.1, 0.15) is 77.0 Å². The molecule has 0 aromatic carbocycles. The Morgan fingerprint density at radius 3 is 1.29 bits per heavy atom. The van der Waals surface area contributed by atoms with Crippen molar-refractivity contribution in [1.82, 2.24) is 10.6 Å². The van der Waals surface area contributed by atoms with Crippen LogP contribution < -0.4 is 10.6 Å². The van der Waals surface area contributed by atoms with Crippen molar-refractivity contribution in [2.24, 2.45) is 11.8 Å². The first-order valence-electron chi connectivity index (χ1n) is 11.3. The molecule has 3 fully saturated rings. The van der Waals surface area contributed by atoms with Gasteiger partial charge in [-0.25, -0.2) is 0 Å². The molecule has 6 heteroatoms. The van der Waals surface area contributed by atoms with Crippen LogP contribution in [0.25, 0.3) is 0 Å². The predicted octanol–water partition coefficient (Wildman–Crippen LogP) is 2.94. The summed E-state index contributed by atoms with van der Waals surface area (Å²) in [4.78, 5) is 25.6. The molecular weight excluding hydrogens is 356 g/mol. The summed E-state index contributed by atoms with van der Waals surface area (Å²) in [5.74, 6) is 0.519. The van der Waals surface area contributed by atoms with Gasteiger partial charge in [-0.2, -0.15) is 0 Å². The van der Waals surface area contributed by atoms with Crippen LogP contribution in [0.3, 0.4) is 0 Å². The molecule has 0 aromatic rings. The van der Waals surface area contributed by atoms with Crippen LogP contribution in [0.4, 0.5) is 0 Å². The molecule has 0 aromatic heterocycles. The summed E-state index contributed by atoms with van der Waals surface area (Å²) in [6.07, 6.45) is 12.2. The van der Waals surface area contributed by atoms with Crippen LogP contribution in [0, 0.1) is 11.8 Å². The van der Waals surface area contributed by atoms with Gasteiger partial charge in [0.2, 0.25) is 11.8 Å². The second kappa shape index (κ2) is 10.6. The SMILES string of the molecule is COC1CCC(C(=O)NC2CCCCC2NC(=O)C2CCC(OC)CC2)CC1. The van der Waals surface area contributed by atoms with Gasteiger partial charge in [0.1, 0.15) is 0 Å². The average Bonchev–Trinajstić information content (AvgIpc) is 2.75. The molecule has 160 valence electrons. The van der Waals surface area contributed by atoms with Gasteiger partial charge in [0, 0.05) is 38.1 Å². The highest BCUT2D eigenvalue weighted by atomic mass is 16.5. The Bertz CT molecular complexity index is 465. The van der Waals surface area contributed by atoms with Crippen LogP contribution >= 0.6 is 0 Å². The molecule has 2 amide bonds. The number of ether oxygens (including phenoxy) is 2. The van der Waals surface area contributed by atoms with E-state index in [1.54, 1.807) is 14.2 Å². The van der Waals surface area contributed by atoms with Crippen molar-refractivity contribution in [3.8, 4) is 0 Å². The normalized spacial score (nSPS) is 36.5. The number of carbonyl (C=O) groups excluding carboxylic acids is 2. The fraction of sp³-hybridized carbons (Fsp3) is 0.909. The van der Waals surface area contributed by atoms with Crippen molar-refractivity contribution >= 4 is 11.8 Å². The lowest BCUT2D eigenvalue weighted by Gasteiger charge is -2.36. The summed E-state index contributed by atoms with van der Waals surface area (Å²) in [6.45, 7) is 0. The summed E-state index contributed by atoms with van der Waals surface area (Å²) in [5, 5.41) is 6.56. The maximum absolute atomic E-state index is 12.8. The van der Waals surface area contributed by atoms with Crippen LogP contribution in [0.15, 0.2) is 0 Å². The number of nitrogens with one attached hydrogen (secondary N) is 2. The van der Waals surface area contributed by atoms with E-state index >= 15 is 0 Å². The third-order valence-electron chi connectivity index (χ3n) is 7.18. The van der Waals surface area contributed by atoms with Crippen molar-refractivity contribution in [1.29, 1.82) is 0 Å². The molecule has 3 rings (SSSR count). The molecule has 0 bridgehead atoms. The van der Waals surface area contributed by atoms with E-state index in [1.165, 1.54) is 0 Å². The maximum atomic E-state index is 12.8. The summed E-state index contributed by atoms with van der Waals surface area (Å²) < 4.78 is 10.8. The summed E-state index contributed by atoms with van der Waals surface area (Å²) in [5.41, 5.74) is 0. The van der Waals surface area contributed by atoms with Crippen LogP contribution in [-0.2, 0) is 19.1 Å². The Balaban J connectivity index is 1.48. The third-order valence-corrected chi connectivity index (χ3v) is 7.18. The average molecular weight is 395 g/mol. The van der Waals surface area contributed by atoms with E-state index in [-0.39, 0.29) is 35.7 Å². The highest BCUT2D eigenvalue weighted by molar-refractivity contribution is 5.80. The first-order valence-corrected chi connectivity index (χ1v) is 11.3. The lowest BCUT2D eigenvalue weighted by Crippen LogP contribution is -2.55. The molecule has 28 heavy (non-hydrogen) atoms. The maximum Gasteiger partial charge on any atom is 0.223 e. The third kappa shape index (κ3) is 5.69. The molecule has 3 saturated carbocycles. The van der Waals surface area contributed by atoms with E-state index in [2.05, 4.69) is 10.6 Å². The highest BCUT2D eigenvalue weighted by Crippen LogP contribution is 2.29. The number of hydrogen-bond donors (Lipinski definition) is 2. The van der Waals surface area contributed by atoms with Gasteiger partial charge in [-0.1, -0.05) is 12.8 Å². The number of amides is 2. The molecule has 0 spiro atoms. The zero-order chi connectivity index (χ0) is 19.9. The first-order chi connectivity index (χ1) is 13.6. The summed E-state index contributed by atoms with van der Waals surface area (Å²) in [7, 11) is 3.50. The number of hydrogen-bond acceptors (Lipinski definition) is 4. The quantitative estimate of drug-likeness (QED) is 0.726. The van der Waals surface area contributed by atoms with Crippen LogP contribution in [-0.4, -0.2) is 50.3 Å². The zero-order valence-corrected chi connectivity index (χ0v) is 17.6. The smallest absolute Gasteiger partial charge is 0.223 e. The van der Waals surface area contributed by atoms with Gasteiger partial charge >= 0.3 is 0 Å². The largest absolute Gasteiger partial charge is 0.381 e. The van der Waals surface area contributed by atoms with Gasteiger partial charge in [-0.05, 0) is 64.2 Å². The van der Waals surface area contributed by atoms with Gasteiger partial charge in [0.15, 0.2) is 0 Å². The lowest BCUT2D eigenvalue weighted by atomic mass is 9.84. The van der Waals surface area contributed by atoms with E-state index in [1.807, 2.05) is 0 Å². The number of methoxy groups -OCH3 is 2. The molecule has 3 aliphatic rings. The van der Waals surface area contributed by atoms with Gasteiger partial charge in [-0.3, -0.25) is 9.59 Å². The molecule has 0 heterocycles. The molecule has 2 N–H and O–H groups in total. The first kappa shape index (κ1) is 21.6. The molecule has 0 aliphatic heterocycles. The Morgan fingerprint density at radius 1 is 0.607 bits per heavy atom. The van der Waals surface area contributed by atoms with Gasteiger partial charge in [-0.15, -0.1) is 0 Å². The van der Waals surface area contributed by atoms with E-state index in [9.17, 15) is 9.59 Å². The Morgan fingerprint density at radius 2 is 0.964 bits per heavy atom. The van der Waals surface area contributed by atoms with E-state index < -0.39 is 0 Å². The Labute approximate surface area is 169 Å². The van der Waals surface area contributed by atoms with Gasteiger partial charge < -0.3 is 20.1 Å². The van der Waals surface area contributed by atoms with Gasteiger partial charge in [0.25, 0.3) is 0 Å². The number of carbonyl (C=O) groups is 2. The predicted molar refractivity (Wildman–Crippen MR) is 108 cm³/mol. The molecular formula is C22H38N2O4. The fourth-order valence-corrected chi connectivity index (χ4v) is 5.20. The zero-order valence-electron chi connectivity index (χ0n) is 17.6. The van der Waals surface area contributed by atoms with Crippen molar-refractivity contribution in [2.45, 2.75) is 101 Å². The molecule has 6 nitrogen and oxygen atoms in total. The van der Waals surface area contributed by atoms with Crippen LogP contribution in [0.5, 0.6) is 0 Å². The van der Waals surface area contributed by atoms with Crippen molar-refractivity contribution < 1.29 is 19.1 Å². The minimum Gasteiger partial charge on any atom is -0.381 e. The highest BCUT2D eigenvalue weighted by Gasteiger charge is 2.34. The Kier molecular flexibility index (Phi) is 8.15. The molecule has 2 atom stereocenters.